The van der Waals surface area contributed by atoms with Gasteiger partial charge in [-0.05, 0) is 86.1 Å². The Kier molecular flexibility index (Phi) is 5.08. The lowest BCUT2D eigenvalue weighted by atomic mass is 9.79. The van der Waals surface area contributed by atoms with Crippen LogP contribution >= 0.6 is 0 Å². The molecule has 1 heterocycles. The molecule has 0 amide bonds. The highest BCUT2D eigenvalue weighted by atomic mass is 16.3. The maximum atomic E-state index is 6.92. The van der Waals surface area contributed by atoms with E-state index in [2.05, 4.69) is 166 Å². The van der Waals surface area contributed by atoms with Crippen LogP contribution in [0.3, 0.4) is 0 Å². The van der Waals surface area contributed by atoms with Gasteiger partial charge in [0.1, 0.15) is 11.2 Å². The number of hydrogen-bond donors (Lipinski definition) is 0. The lowest BCUT2D eigenvalue weighted by Crippen LogP contribution is -2.18. The predicted octanol–water partition coefficient (Wildman–Crippen LogP) is 12.7. The van der Waals surface area contributed by atoms with E-state index in [0.29, 0.717) is 5.92 Å². The second-order valence-corrected chi connectivity index (χ2v) is 15.3. The lowest BCUT2D eigenvalue weighted by Gasteiger charge is -2.30. The molecule has 0 N–H and O–H groups in total. The van der Waals surface area contributed by atoms with Crippen LogP contribution in [0.25, 0.3) is 49.4 Å². The maximum absolute atomic E-state index is 6.92. The fourth-order valence-electron chi connectivity index (χ4n) is 9.49. The molecule has 1 aromatic heterocycles. The summed E-state index contributed by atoms with van der Waals surface area (Å²) in [7, 11) is 0. The number of rotatable bonds is 3. The maximum Gasteiger partial charge on any atom is 0.144 e. The summed E-state index contributed by atoms with van der Waals surface area (Å²) in [4.78, 5) is 2.48. The van der Waals surface area contributed by atoms with Crippen molar-refractivity contribution in [1.82, 2.24) is 0 Å². The molecule has 0 saturated heterocycles. The highest BCUT2D eigenvalue weighted by Gasteiger charge is 2.44. The molecule has 1 atom stereocenters. The Morgan fingerprint density at radius 3 is 2.20 bits per heavy atom. The molecule has 0 aliphatic heterocycles. The van der Waals surface area contributed by atoms with Gasteiger partial charge in [0.25, 0.3) is 0 Å². The molecule has 2 heteroatoms. The monoisotopic (exact) mass is 629 g/mol. The molecule has 7 aromatic rings. The van der Waals surface area contributed by atoms with Gasteiger partial charge < -0.3 is 9.32 Å². The largest absolute Gasteiger partial charge is 0.455 e. The van der Waals surface area contributed by atoms with Gasteiger partial charge in [0.15, 0.2) is 0 Å². The summed E-state index contributed by atoms with van der Waals surface area (Å²) in [5, 5.41) is 4.92. The highest BCUT2D eigenvalue weighted by molar-refractivity contribution is 6.26. The van der Waals surface area contributed by atoms with Gasteiger partial charge in [0, 0.05) is 50.0 Å². The second kappa shape index (κ2) is 9.09. The Morgan fingerprint density at radius 2 is 1.37 bits per heavy atom. The van der Waals surface area contributed by atoms with Crippen molar-refractivity contribution in [2.75, 3.05) is 4.90 Å². The summed E-state index contributed by atoms with van der Waals surface area (Å²) in [5.41, 5.74) is 17.3. The Morgan fingerprint density at radius 1 is 0.612 bits per heavy atom. The van der Waals surface area contributed by atoms with Crippen LogP contribution in [0.5, 0.6) is 0 Å². The van der Waals surface area contributed by atoms with Crippen LogP contribution in [0.15, 0.2) is 149 Å². The van der Waals surface area contributed by atoms with Crippen LogP contribution in [0, 0.1) is 5.92 Å². The summed E-state index contributed by atoms with van der Waals surface area (Å²) < 4.78 is 6.92. The lowest BCUT2D eigenvalue weighted by molar-refractivity contribution is 0.656. The van der Waals surface area contributed by atoms with Gasteiger partial charge >= 0.3 is 0 Å². The van der Waals surface area contributed by atoms with E-state index in [-0.39, 0.29) is 10.8 Å². The van der Waals surface area contributed by atoms with E-state index < -0.39 is 0 Å². The standard InChI is InChI=1S/C47H35NO/c1-46(2)37-25-28-23-27(28)24-35(37)31-22-21-30(26-38(31)46)48(29-13-6-5-7-14-29)39-19-12-18-36-42(39)43-44(47(36,3)4)33-16-9-8-15-32(33)41-34-17-10-11-20-40(34)49-45(41)43/h5-26,28H,1-4H3/t28-/m0/s1. The summed E-state index contributed by atoms with van der Waals surface area (Å²) in [6.45, 7) is 9.56. The summed E-state index contributed by atoms with van der Waals surface area (Å²) in [5.74, 6) is 0.522. The van der Waals surface area contributed by atoms with E-state index in [9.17, 15) is 0 Å². The number of fused-ring (bicyclic) bond motifs is 14. The molecule has 4 aliphatic carbocycles. The fourth-order valence-corrected chi connectivity index (χ4v) is 9.49. The zero-order valence-corrected chi connectivity index (χ0v) is 28.1. The van der Waals surface area contributed by atoms with E-state index in [1.54, 1.807) is 0 Å². The van der Waals surface area contributed by atoms with Crippen LogP contribution in [0.2, 0.25) is 0 Å². The van der Waals surface area contributed by atoms with Crippen LogP contribution < -0.4 is 4.90 Å². The molecule has 49 heavy (non-hydrogen) atoms. The van der Waals surface area contributed by atoms with Crippen molar-refractivity contribution in [2.24, 2.45) is 5.92 Å². The van der Waals surface area contributed by atoms with Crippen molar-refractivity contribution in [3.8, 4) is 11.1 Å². The Labute approximate surface area is 286 Å². The summed E-state index contributed by atoms with van der Waals surface area (Å²) in [6.07, 6.45) is 7.29. The number of furan rings is 1. The SMILES string of the molecule is CC1(C)C2=C[C@@H]3C=C3C=C2c2ccc(N(c3ccccc3)c3cccc4c3-c3c(c5ccccc5c5c3oc3ccccc35)C4(C)C)cc21. The number of allylic oxidation sites excluding steroid dienone is 6. The van der Waals surface area contributed by atoms with Gasteiger partial charge in [-0.2, -0.15) is 0 Å². The molecule has 4 aliphatic rings. The quantitative estimate of drug-likeness (QED) is 0.193. The Balaban J connectivity index is 1.23. The molecule has 234 valence electrons. The van der Waals surface area contributed by atoms with E-state index in [1.165, 1.54) is 83.0 Å². The first-order valence-electron chi connectivity index (χ1n) is 17.5. The zero-order chi connectivity index (χ0) is 32.8. The average Bonchev–Trinajstić information content (AvgIpc) is 3.65. The molecule has 11 rings (SSSR count). The molecular formula is C47H35NO. The van der Waals surface area contributed by atoms with Gasteiger partial charge in [-0.3, -0.25) is 0 Å². The second-order valence-electron chi connectivity index (χ2n) is 15.3. The molecular weight excluding hydrogens is 595 g/mol. The van der Waals surface area contributed by atoms with Gasteiger partial charge in [-0.1, -0.05) is 125 Å². The highest BCUT2D eigenvalue weighted by Crippen LogP contribution is 2.60. The average molecular weight is 630 g/mol. The van der Waals surface area contributed by atoms with Gasteiger partial charge in [0.05, 0.1) is 5.69 Å². The molecule has 0 unspecified atom stereocenters. The number of anilines is 3. The van der Waals surface area contributed by atoms with Crippen molar-refractivity contribution in [3.63, 3.8) is 0 Å². The number of nitrogens with zero attached hydrogens (tertiary/aromatic N) is 1. The summed E-state index contributed by atoms with van der Waals surface area (Å²) >= 11 is 0. The number of para-hydroxylation sites is 2. The smallest absolute Gasteiger partial charge is 0.144 e. The molecule has 6 aromatic carbocycles. The van der Waals surface area contributed by atoms with E-state index in [1.807, 2.05) is 0 Å². The minimum absolute atomic E-state index is 0.0753. The van der Waals surface area contributed by atoms with Crippen LogP contribution in [-0.4, -0.2) is 0 Å². The molecule has 0 fully saturated rings. The number of hydrogen-bond acceptors (Lipinski definition) is 2. The minimum Gasteiger partial charge on any atom is -0.455 e. The predicted molar refractivity (Wildman–Crippen MR) is 204 cm³/mol. The zero-order valence-electron chi connectivity index (χ0n) is 28.1. The molecule has 0 bridgehead atoms. The first kappa shape index (κ1) is 27.4. The molecule has 0 spiro atoms. The Hall–Kier alpha value is -5.60. The third-order valence-corrected chi connectivity index (χ3v) is 11.9. The first-order valence-corrected chi connectivity index (χ1v) is 17.5. The van der Waals surface area contributed by atoms with Crippen molar-refractivity contribution in [2.45, 2.75) is 38.5 Å². The number of benzene rings is 6. The van der Waals surface area contributed by atoms with Crippen molar-refractivity contribution in [3.05, 3.63) is 167 Å². The third-order valence-electron chi connectivity index (χ3n) is 11.9. The van der Waals surface area contributed by atoms with Crippen molar-refractivity contribution < 1.29 is 4.42 Å². The van der Waals surface area contributed by atoms with Crippen molar-refractivity contribution >= 4 is 55.3 Å². The van der Waals surface area contributed by atoms with E-state index in [4.69, 9.17) is 4.42 Å². The van der Waals surface area contributed by atoms with E-state index >= 15 is 0 Å². The summed E-state index contributed by atoms with van der Waals surface area (Å²) in [6, 6.07) is 42.3. The normalized spacial score (nSPS) is 18.7. The minimum atomic E-state index is -0.236. The van der Waals surface area contributed by atoms with Gasteiger partial charge in [-0.15, -0.1) is 0 Å². The molecule has 0 saturated carbocycles. The van der Waals surface area contributed by atoms with Crippen molar-refractivity contribution in [1.29, 1.82) is 0 Å². The van der Waals surface area contributed by atoms with Crippen LogP contribution in [0.1, 0.15) is 49.9 Å². The topological polar surface area (TPSA) is 16.4 Å². The molecule has 2 nitrogen and oxygen atoms in total. The Bertz CT molecular complexity index is 2710. The van der Waals surface area contributed by atoms with Gasteiger partial charge in [-0.25, -0.2) is 0 Å². The fraction of sp³-hybridized carbons (Fsp3) is 0.149. The van der Waals surface area contributed by atoms with Crippen LogP contribution in [0.4, 0.5) is 17.1 Å². The molecule has 0 radical (unpaired) electrons. The third kappa shape index (κ3) is 3.46. The first-order chi connectivity index (χ1) is 23.8. The van der Waals surface area contributed by atoms with Crippen LogP contribution in [-0.2, 0) is 10.8 Å². The van der Waals surface area contributed by atoms with Gasteiger partial charge in [0.2, 0.25) is 0 Å². The van der Waals surface area contributed by atoms with E-state index in [0.717, 1.165) is 16.9 Å².